The van der Waals surface area contributed by atoms with Crippen molar-refractivity contribution >= 4 is 38.9 Å². The van der Waals surface area contributed by atoms with Gasteiger partial charge in [-0.15, -0.1) is 0 Å². The zero-order chi connectivity index (χ0) is 19.3. The predicted octanol–water partition coefficient (Wildman–Crippen LogP) is 4.14. The Morgan fingerprint density at radius 3 is 2.50 bits per heavy atom. The van der Waals surface area contributed by atoms with Gasteiger partial charge < -0.3 is 5.32 Å². The zero-order valence-corrected chi connectivity index (χ0v) is 16.7. The highest BCUT2D eigenvalue weighted by Gasteiger charge is 2.17. The number of hydrogen-bond donors (Lipinski definition) is 1. The molecule has 0 saturated heterocycles. The van der Waals surface area contributed by atoms with Crippen molar-refractivity contribution in [3.05, 3.63) is 58.6 Å². The summed E-state index contributed by atoms with van der Waals surface area (Å²) in [5, 5.41) is 3.41. The summed E-state index contributed by atoms with van der Waals surface area (Å²) in [6.45, 7) is 3.98. The number of nitrogens with one attached hydrogen (secondary N) is 1. The SMILES string of the molecule is Cc1cccc(N(CCCC(=O)Nc2cccc(Cl)c2C)S(C)(=O)=O)c1. The largest absolute Gasteiger partial charge is 0.326 e. The summed E-state index contributed by atoms with van der Waals surface area (Å²) in [6, 6.07) is 12.6. The van der Waals surface area contributed by atoms with Gasteiger partial charge in [0.25, 0.3) is 0 Å². The number of hydrogen-bond acceptors (Lipinski definition) is 3. The van der Waals surface area contributed by atoms with Crippen LogP contribution in [-0.4, -0.2) is 27.1 Å². The van der Waals surface area contributed by atoms with E-state index in [1.54, 1.807) is 24.3 Å². The Hall–Kier alpha value is -2.05. The first kappa shape index (κ1) is 20.3. The van der Waals surface area contributed by atoms with E-state index in [0.717, 1.165) is 11.1 Å². The number of rotatable bonds is 7. The van der Waals surface area contributed by atoms with Gasteiger partial charge in [0.05, 0.1) is 11.9 Å². The lowest BCUT2D eigenvalue weighted by atomic mass is 10.2. The minimum Gasteiger partial charge on any atom is -0.326 e. The van der Waals surface area contributed by atoms with E-state index < -0.39 is 10.0 Å². The highest BCUT2D eigenvalue weighted by Crippen LogP contribution is 2.23. The van der Waals surface area contributed by atoms with Crippen molar-refractivity contribution in [2.45, 2.75) is 26.7 Å². The van der Waals surface area contributed by atoms with E-state index in [9.17, 15) is 13.2 Å². The Labute approximate surface area is 160 Å². The number of nitrogens with zero attached hydrogens (tertiary/aromatic N) is 1. The molecular weight excluding hydrogens is 372 g/mol. The fourth-order valence-corrected chi connectivity index (χ4v) is 3.74. The molecule has 5 nitrogen and oxygen atoms in total. The van der Waals surface area contributed by atoms with Crippen LogP contribution in [0.25, 0.3) is 0 Å². The number of carbonyl (C=O) groups is 1. The monoisotopic (exact) mass is 394 g/mol. The Kier molecular flexibility index (Phi) is 6.67. The van der Waals surface area contributed by atoms with Crippen LogP contribution in [-0.2, 0) is 14.8 Å². The van der Waals surface area contributed by atoms with E-state index in [1.165, 1.54) is 10.6 Å². The third-order valence-corrected chi connectivity index (χ3v) is 5.60. The van der Waals surface area contributed by atoms with Crippen LogP contribution in [0.1, 0.15) is 24.0 Å². The lowest BCUT2D eigenvalue weighted by Gasteiger charge is -2.22. The molecule has 0 aliphatic heterocycles. The minimum atomic E-state index is -3.42. The van der Waals surface area contributed by atoms with E-state index in [1.807, 2.05) is 32.0 Å². The van der Waals surface area contributed by atoms with Gasteiger partial charge in [0, 0.05) is 23.7 Å². The summed E-state index contributed by atoms with van der Waals surface area (Å²) < 4.78 is 25.5. The van der Waals surface area contributed by atoms with Crippen LogP contribution in [0.5, 0.6) is 0 Å². The van der Waals surface area contributed by atoms with Crippen molar-refractivity contribution in [2.75, 3.05) is 22.4 Å². The van der Waals surface area contributed by atoms with E-state index >= 15 is 0 Å². The van der Waals surface area contributed by atoms with Gasteiger partial charge in [-0.25, -0.2) is 8.42 Å². The molecule has 0 heterocycles. The molecule has 0 saturated carbocycles. The normalized spacial score (nSPS) is 11.2. The maximum absolute atomic E-state index is 12.2. The van der Waals surface area contributed by atoms with Gasteiger partial charge in [-0.2, -0.15) is 0 Å². The number of carbonyl (C=O) groups excluding carboxylic acids is 1. The molecule has 0 aliphatic carbocycles. The van der Waals surface area contributed by atoms with Crippen molar-refractivity contribution in [1.29, 1.82) is 0 Å². The number of halogens is 1. The van der Waals surface area contributed by atoms with Gasteiger partial charge in [0.2, 0.25) is 15.9 Å². The summed E-state index contributed by atoms with van der Waals surface area (Å²) in [7, 11) is -3.42. The highest BCUT2D eigenvalue weighted by atomic mass is 35.5. The van der Waals surface area contributed by atoms with Crippen LogP contribution in [0.15, 0.2) is 42.5 Å². The maximum atomic E-state index is 12.2. The van der Waals surface area contributed by atoms with E-state index in [-0.39, 0.29) is 18.9 Å². The lowest BCUT2D eigenvalue weighted by molar-refractivity contribution is -0.116. The standard InChI is InChI=1S/C19H23ClN2O3S/c1-14-7-4-8-16(13-14)22(26(3,24)25)12-6-11-19(23)21-18-10-5-9-17(20)15(18)2/h4-5,7-10,13H,6,11-12H2,1-3H3,(H,21,23). The highest BCUT2D eigenvalue weighted by molar-refractivity contribution is 7.92. The molecule has 0 aromatic heterocycles. The maximum Gasteiger partial charge on any atom is 0.232 e. The van der Waals surface area contributed by atoms with Crippen LogP contribution >= 0.6 is 11.6 Å². The van der Waals surface area contributed by atoms with E-state index in [2.05, 4.69) is 5.32 Å². The number of benzene rings is 2. The minimum absolute atomic E-state index is 0.173. The van der Waals surface area contributed by atoms with Crippen LogP contribution in [0.2, 0.25) is 5.02 Å². The second-order valence-electron chi connectivity index (χ2n) is 6.24. The van der Waals surface area contributed by atoms with Gasteiger partial charge in [0.1, 0.15) is 0 Å². The van der Waals surface area contributed by atoms with E-state index in [0.29, 0.717) is 22.8 Å². The predicted molar refractivity (Wildman–Crippen MR) is 107 cm³/mol. The molecule has 26 heavy (non-hydrogen) atoms. The molecule has 1 amide bonds. The number of sulfonamides is 1. The van der Waals surface area contributed by atoms with Crippen LogP contribution in [0, 0.1) is 13.8 Å². The molecule has 1 N–H and O–H groups in total. The Balaban J connectivity index is 1.99. The molecule has 2 aromatic rings. The van der Waals surface area contributed by atoms with Gasteiger partial charge in [0.15, 0.2) is 0 Å². The van der Waals surface area contributed by atoms with Crippen molar-refractivity contribution in [3.63, 3.8) is 0 Å². The molecule has 0 atom stereocenters. The zero-order valence-electron chi connectivity index (χ0n) is 15.1. The van der Waals surface area contributed by atoms with Crippen LogP contribution in [0.3, 0.4) is 0 Å². The molecule has 2 rings (SSSR count). The summed E-state index contributed by atoms with van der Waals surface area (Å²) in [6.07, 6.45) is 1.79. The summed E-state index contributed by atoms with van der Waals surface area (Å²) in [4.78, 5) is 12.2. The second kappa shape index (κ2) is 8.56. The second-order valence-corrected chi connectivity index (χ2v) is 8.55. The van der Waals surface area contributed by atoms with Gasteiger partial charge in [-0.1, -0.05) is 29.8 Å². The van der Waals surface area contributed by atoms with Crippen molar-refractivity contribution < 1.29 is 13.2 Å². The first-order valence-electron chi connectivity index (χ1n) is 8.28. The molecule has 0 bridgehead atoms. The molecule has 0 radical (unpaired) electrons. The molecule has 7 heteroatoms. The van der Waals surface area contributed by atoms with Gasteiger partial charge in [-0.3, -0.25) is 9.10 Å². The summed E-state index contributed by atoms with van der Waals surface area (Å²) in [5.41, 5.74) is 3.06. The van der Waals surface area contributed by atoms with E-state index in [4.69, 9.17) is 11.6 Å². The first-order chi connectivity index (χ1) is 12.2. The van der Waals surface area contributed by atoms with Crippen LogP contribution in [0.4, 0.5) is 11.4 Å². The molecule has 0 aliphatic rings. The molecule has 0 fully saturated rings. The number of anilines is 2. The van der Waals surface area contributed by atoms with Crippen LogP contribution < -0.4 is 9.62 Å². The fraction of sp³-hybridized carbons (Fsp3) is 0.316. The molecule has 140 valence electrons. The van der Waals surface area contributed by atoms with Crippen molar-refractivity contribution in [1.82, 2.24) is 0 Å². The average Bonchev–Trinajstić information content (AvgIpc) is 2.54. The number of aryl methyl sites for hydroxylation is 1. The van der Waals surface area contributed by atoms with Crippen molar-refractivity contribution in [2.24, 2.45) is 0 Å². The fourth-order valence-electron chi connectivity index (χ4n) is 2.61. The average molecular weight is 395 g/mol. The topological polar surface area (TPSA) is 66.5 Å². The molecule has 0 unspecified atom stereocenters. The molecule has 0 spiro atoms. The van der Waals surface area contributed by atoms with Gasteiger partial charge in [-0.05, 0) is 55.7 Å². The quantitative estimate of drug-likeness (QED) is 0.767. The summed E-state index contributed by atoms with van der Waals surface area (Å²) in [5.74, 6) is -0.173. The molecular formula is C19H23ClN2O3S. The number of amides is 1. The lowest BCUT2D eigenvalue weighted by Crippen LogP contribution is -2.31. The molecule has 2 aromatic carbocycles. The third kappa shape index (κ3) is 5.47. The Morgan fingerprint density at radius 2 is 1.85 bits per heavy atom. The summed E-state index contributed by atoms with van der Waals surface area (Å²) >= 11 is 6.05. The first-order valence-corrected chi connectivity index (χ1v) is 10.5. The smallest absolute Gasteiger partial charge is 0.232 e. The Morgan fingerprint density at radius 1 is 1.15 bits per heavy atom. The third-order valence-electron chi connectivity index (χ3n) is 4.00. The van der Waals surface area contributed by atoms with Crippen molar-refractivity contribution in [3.8, 4) is 0 Å². The Bertz CT molecular complexity index is 897. The van der Waals surface area contributed by atoms with Gasteiger partial charge >= 0.3 is 0 Å².